The van der Waals surface area contributed by atoms with Gasteiger partial charge in [-0.05, 0) is 37.3 Å². The highest BCUT2D eigenvalue weighted by Crippen LogP contribution is 2.30. The van der Waals surface area contributed by atoms with Crippen LogP contribution in [0.1, 0.15) is 19.3 Å². The van der Waals surface area contributed by atoms with E-state index in [2.05, 4.69) is 22.0 Å². The van der Waals surface area contributed by atoms with Crippen molar-refractivity contribution in [3.8, 4) is 0 Å². The van der Waals surface area contributed by atoms with Gasteiger partial charge < -0.3 is 15.7 Å². The molecule has 1 fully saturated rings. The number of hydrogen-bond donors (Lipinski definition) is 2. The number of benzene rings is 1. The van der Waals surface area contributed by atoms with Gasteiger partial charge in [-0.2, -0.15) is 0 Å². The fraction of sp³-hybridized carbons (Fsp3) is 0.421. The van der Waals surface area contributed by atoms with Gasteiger partial charge in [0, 0.05) is 36.9 Å². The van der Waals surface area contributed by atoms with Crippen LogP contribution in [0.3, 0.4) is 0 Å². The van der Waals surface area contributed by atoms with Crippen LogP contribution in [0, 0.1) is 5.92 Å². The van der Waals surface area contributed by atoms with Gasteiger partial charge in [0.05, 0.1) is 5.52 Å². The third-order valence-corrected chi connectivity index (χ3v) is 5.01. The summed E-state index contributed by atoms with van der Waals surface area (Å²) >= 11 is 0. The molecule has 1 saturated heterocycles. The second-order valence-corrected chi connectivity index (χ2v) is 6.74. The Labute approximate surface area is 152 Å². The lowest BCUT2D eigenvalue weighted by Crippen LogP contribution is -2.40. The van der Waals surface area contributed by atoms with Crippen molar-refractivity contribution in [2.45, 2.75) is 19.3 Å². The maximum Gasteiger partial charge on any atom is 0.407 e. The van der Waals surface area contributed by atoms with Crippen LogP contribution in [0.4, 0.5) is 10.5 Å². The van der Waals surface area contributed by atoms with E-state index in [0.29, 0.717) is 12.5 Å². The SMILES string of the molecule is NC(=O)CN(CCC1CCN(c2ccnc3ccccc23)CC1)C(=O)O. The summed E-state index contributed by atoms with van der Waals surface area (Å²) in [4.78, 5) is 30.0. The lowest BCUT2D eigenvalue weighted by molar-refractivity contribution is -0.118. The van der Waals surface area contributed by atoms with Crippen molar-refractivity contribution in [1.82, 2.24) is 9.88 Å². The van der Waals surface area contributed by atoms with Crippen LogP contribution in [0.15, 0.2) is 36.5 Å². The average Bonchev–Trinajstić information content (AvgIpc) is 2.64. The predicted octanol–water partition coefficient (Wildman–Crippen LogP) is 2.31. The number of fused-ring (bicyclic) bond motifs is 1. The lowest BCUT2D eigenvalue weighted by atomic mass is 9.93. The Kier molecular flexibility index (Phi) is 5.55. The van der Waals surface area contributed by atoms with Gasteiger partial charge >= 0.3 is 6.09 Å². The Balaban J connectivity index is 1.57. The number of carboxylic acid groups (broad SMARTS) is 1. The second kappa shape index (κ2) is 8.03. The normalized spacial score (nSPS) is 15.2. The third kappa shape index (κ3) is 4.22. The van der Waals surface area contributed by atoms with Gasteiger partial charge in [0.15, 0.2) is 0 Å². The summed E-state index contributed by atoms with van der Waals surface area (Å²) in [5.41, 5.74) is 7.31. The molecule has 1 aliphatic heterocycles. The molecule has 0 atom stereocenters. The number of primary amides is 1. The van der Waals surface area contributed by atoms with Crippen molar-refractivity contribution >= 4 is 28.6 Å². The Morgan fingerprint density at radius 2 is 1.96 bits per heavy atom. The average molecular weight is 356 g/mol. The number of carbonyl (C=O) groups is 2. The molecule has 3 rings (SSSR count). The van der Waals surface area contributed by atoms with Gasteiger partial charge in [0.25, 0.3) is 0 Å². The molecule has 7 heteroatoms. The van der Waals surface area contributed by atoms with Crippen LogP contribution >= 0.6 is 0 Å². The third-order valence-electron chi connectivity index (χ3n) is 5.01. The monoisotopic (exact) mass is 356 g/mol. The minimum absolute atomic E-state index is 0.239. The number of carbonyl (C=O) groups excluding carboxylic acids is 1. The lowest BCUT2D eigenvalue weighted by Gasteiger charge is -2.34. The Hall–Kier alpha value is -2.83. The zero-order valence-electron chi connectivity index (χ0n) is 14.7. The Bertz CT molecular complexity index is 782. The van der Waals surface area contributed by atoms with Crippen LogP contribution in [-0.2, 0) is 4.79 Å². The molecule has 2 heterocycles. The van der Waals surface area contributed by atoms with Crippen LogP contribution in [0.5, 0.6) is 0 Å². The molecule has 0 radical (unpaired) electrons. The van der Waals surface area contributed by atoms with Crippen LogP contribution in [0.2, 0.25) is 0 Å². The second-order valence-electron chi connectivity index (χ2n) is 6.74. The van der Waals surface area contributed by atoms with Crippen LogP contribution < -0.4 is 10.6 Å². The molecule has 3 N–H and O–H groups in total. The van der Waals surface area contributed by atoms with E-state index in [1.807, 2.05) is 24.4 Å². The maximum absolute atomic E-state index is 11.2. The van der Waals surface area contributed by atoms with Crippen molar-refractivity contribution < 1.29 is 14.7 Å². The molecular formula is C19H24N4O3. The first-order chi connectivity index (χ1) is 12.5. The largest absolute Gasteiger partial charge is 0.465 e. The number of amides is 2. The highest BCUT2D eigenvalue weighted by molar-refractivity contribution is 5.91. The van der Waals surface area contributed by atoms with E-state index in [4.69, 9.17) is 10.8 Å². The van der Waals surface area contributed by atoms with Gasteiger partial charge in [-0.15, -0.1) is 0 Å². The number of anilines is 1. The minimum atomic E-state index is -1.09. The number of piperidine rings is 1. The molecule has 0 saturated carbocycles. The van der Waals surface area contributed by atoms with E-state index < -0.39 is 12.0 Å². The molecule has 0 spiro atoms. The first-order valence-electron chi connectivity index (χ1n) is 8.89. The van der Waals surface area contributed by atoms with E-state index >= 15 is 0 Å². The molecule has 26 heavy (non-hydrogen) atoms. The molecule has 1 aliphatic rings. The summed E-state index contributed by atoms with van der Waals surface area (Å²) in [5.74, 6) is -0.166. The number of nitrogens with two attached hydrogens (primary N) is 1. The molecular weight excluding hydrogens is 332 g/mol. The maximum atomic E-state index is 11.2. The Morgan fingerprint density at radius 1 is 1.23 bits per heavy atom. The highest BCUT2D eigenvalue weighted by atomic mass is 16.4. The van der Waals surface area contributed by atoms with E-state index in [1.165, 1.54) is 5.69 Å². The standard InChI is InChI=1S/C19H24N4O3/c20-18(24)13-23(19(25)26)12-8-14-6-10-22(11-7-14)17-5-9-21-16-4-2-1-3-15(16)17/h1-5,9,14H,6-8,10-13H2,(H2,20,24)(H,25,26). The van der Waals surface area contributed by atoms with Crippen LogP contribution in [0.25, 0.3) is 10.9 Å². The minimum Gasteiger partial charge on any atom is -0.465 e. The van der Waals surface area contributed by atoms with Gasteiger partial charge in [-0.25, -0.2) is 4.79 Å². The van der Waals surface area contributed by atoms with Crippen LogP contribution in [-0.4, -0.2) is 53.2 Å². The summed E-state index contributed by atoms with van der Waals surface area (Å²) in [6.45, 7) is 1.97. The fourth-order valence-corrected chi connectivity index (χ4v) is 3.59. The van der Waals surface area contributed by atoms with Gasteiger partial charge in [0.1, 0.15) is 6.54 Å². The molecule has 1 aromatic heterocycles. The number of rotatable bonds is 6. The number of nitrogens with zero attached hydrogens (tertiary/aromatic N) is 3. The van der Waals surface area contributed by atoms with Crippen molar-refractivity contribution in [2.24, 2.45) is 11.7 Å². The van der Waals surface area contributed by atoms with Crippen molar-refractivity contribution in [2.75, 3.05) is 31.1 Å². The summed E-state index contributed by atoms with van der Waals surface area (Å²) in [6, 6.07) is 10.2. The zero-order valence-corrected chi connectivity index (χ0v) is 14.7. The molecule has 138 valence electrons. The quantitative estimate of drug-likeness (QED) is 0.827. The molecule has 0 aliphatic carbocycles. The van der Waals surface area contributed by atoms with Crippen molar-refractivity contribution in [3.05, 3.63) is 36.5 Å². The zero-order chi connectivity index (χ0) is 18.5. The summed E-state index contributed by atoms with van der Waals surface area (Å²) < 4.78 is 0. The van der Waals surface area contributed by atoms with Gasteiger partial charge in [0.2, 0.25) is 5.91 Å². The molecule has 7 nitrogen and oxygen atoms in total. The molecule has 2 aromatic rings. The van der Waals surface area contributed by atoms with E-state index in [0.717, 1.165) is 48.2 Å². The summed E-state index contributed by atoms with van der Waals surface area (Å²) in [5, 5.41) is 10.3. The topological polar surface area (TPSA) is 99.8 Å². The fourth-order valence-electron chi connectivity index (χ4n) is 3.59. The molecule has 1 aromatic carbocycles. The number of pyridine rings is 1. The summed E-state index contributed by atoms with van der Waals surface area (Å²) in [6.07, 6.45) is 3.51. The highest BCUT2D eigenvalue weighted by Gasteiger charge is 2.22. The van der Waals surface area contributed by atoms with E-state index in [-0.39, 0.29) is 6.54 Å². The first kappa shape index (κ1) is 18.0. The Morgan fingerprint density at radius 3 is 2.65 bits per heavy atom. The van der Waals surface area contributed by atoms with E-state index in [9.17, 15) is 9.59 Å². The first-order valence-corrected chi connectivity index (χ1v) is 8.89. The van der Waals surface area contributed by atoms with Gasteiger partial charge in [-0.1, -0.05) is 18.2 Å². The summed E-state index contributed by atoms with van der Waals surface area (Å²) in [7, 11) is 0. The smallest absolute Gasteiger partial charge is 0.407 e. The predicted molar refractivity (Wildman–Crippen MR) is 100 cm³/mol. The molecule has 2 amide bonds. The van der Waals surface area contributed by atoms with Crippen molar-refractivity contribution in [1.29, 1.82) is 0 Å². The van der Waals surface area contributed by atoms with Gasteiger partial charge in [-0.3, -0.25) is 14.7 Å². The number of para-hydroxylation sites is 1. The number of hydrogen-bond acceptors (Lipinski definition) is 4. The molecule has 0 unspecified atom stereocenters. The van der Waals surface area contributed by atoms with Crippen molar-refractivity contribution in [3.63, 3.8) is 0 Å². The van der Waals surface area contributed by atoms with E-state index in [1.54, 1.807) is 0 Å². The number of aromatic nitrogens is 1. The molecule has 0 bridgehead atoms.